The number of hydrogen-bond donors (Lipinski definition) is 0. The standard InChI is InChI=1S/C19H15ClN2O2/c1-2-11-21-12-15-13-7-3-4-8-14(13)18(23)22(19(15)24)17-10-6-5-9-16(17)20/h2-10,12,15H,1,11H2. The number of fused-ring (bicyclic) bond motifs is 1. The molecule has 0 fully saturated rings. The highest BCUT2D eigenvalue weighted by atomic mass is 35.5. The maximum absolute atomic E-state index is 13.0. The van der Waals surface area contributed by atoms with Gasteiger partial charge in [0.25, 0.3) is 5.91 Å². The molecule has 0 radical (unpaired) electrons. The van der Waals surface area contributed by atoms with Crippen molar-refractivity contribution in [2.24, 2.45) is 4.99 Å². The van der Waals surface area contributed by atoms with E-state index in [2.05, 4.69) is 11.6 Å². The van der Waals surface area contributed by atoms with Gasteiger partial charge in [-0.05, 0) is 23.8 Å². The van der Waals surface area contributed by atoms with Crippen LogP contribution in [0.5, 0.6) is 0 Å². The molecule has 2 aromatic carbocycles. The van der Waals surface area contributed by atoms with Crippen LogP contribution in [0.3, 0.4) is 0 Å². The van der Waals surface area contributed by atoms with Crippen LogP contribution in [0.15, 0.2) is 66.2 Å². The van der Waals surface area contributed by atoms with Gasteiger partial charge in [0.15, 0.2) is 0 Å². The van der Waals surface area contributed by atoms with Crippen molar-refractivity contribution in [2.45, 2.75) is 5.92 Å². The second-order valence-corrected chi connectivity index (χ2v) is 5.71. The number of carbonyl (C=O) groups is 2. The van der Waals surface area contributed by atoms with Gasteiger partial charge in [0.05, 0.1) is 23.2 Å². The summed E-state index contributed by atoms with van der Waals surface area (Å²) in [5.41, 5.74) is 1.52. The first-order chi connectivity index (χ1) is 11.6. The molecule has 1 heterocycles. The van der Waals surface area contributed by atoms with Gasteiger partial charge in [0.2, 0.25) is 5.91 Å². The van der Waals surface area contributed by atoms with Gasteiger partial charge in [0.1, 0.15) is 0 Å². The van der Waals surface area contributed by atoms with Crippen molar-refractivity contribution in [1.29, 1.82) is 0 Å². The molecule has 0 saturated carbocycles. The smallest absolute Gasteiger partial charge is 0.265 e. The molecule has 120 valence electrons. The van der Waals surface area contributed by atoms with Crippen LogP contribution in [0.2, 0.25) is 5.02 Å². The Bertz CT molecular complexity index is 845. The molecule has 0 saturated heterocycles. The summed E-state index contributed by atoms with van der Waals surface area (Å²) >= 11 is 6.20. The minimum atomic E-state index is -0.630. The normalized spacial score (nSPS) is 17.2. The number of carbonyl (C=O) groups excluding carboxylic acids is 2. The molecule has 0 N–H and O–H groups in total. The van der Waals surface area contributed by atoms with Crippen LogP contribution in [0.4, 0.5) is 5.69 Å². The van der Waals surface area contributed by atoms with E-state index in [4.69, 9.17) is 11.6 Å². The number of hydrogen-bond acceptors (Lipinski definition) is 3. The molecule has 1 unspecified atom stereocenters. The van der Waals surface area contributed by atoms with Crippen molar-refractivity contribution in [2.75, 3.05) is 11.4 Å². The highest BCUT2D eigenvalue weighted by Crippen LogP contribution is 2.35. The van der Waals surface area contributed by atoms with Crippen LogP contribution in [0.25, 0.3) is 0 Å². The zero-order valence-electron chi connectivity index (χ0n) is 12.9. The van der Waals surface area contributed by atoms with Gasteiger partial charge in [-0.1, -0.05) is 48.0 Å². The second kappa shape index (κ2) is 6.81. The van der Waals surface area contributed by atoms with Crippen LogP contribution in [0.1, 0.15) is 21.8 Å². The molecule has 24 heavy (non-hydrogen) atoms. The van der Waals surface area contributed by atoms with Crippen molar-refractivity contribution < 1.29 is 9.59 Å². The molecule has 1 aliphatic rings. The third kappa shape index (κ3) is 2.76. The van der Waals surface area contributed by atoms with Crippen molar-refractivity contribution in [1.82, 2.24) is 0 Å². The maximum Gasteiger partial charge on any atom is 0.265 e. The van der Waals surface area contributed by atoms with Crippen LogP contribution in [-0.2, 0) is 4.79 Å². The lowest BCUT2D eigenvalue weighted by Gasteiger charge is -2.31. The summed E-state index contributed by atoms with van der Waals surface area (Å²) in [5, 5.41) is 0.348. The van der Waals surface area contributed by atoms with E-state index in [1.165, 1.54) is 0 Å². The van der Waals surface area contributed by atoms with E-state index in [0.717, 1.165) is 4.90 Å². The summed E-state index contributed by atoms with van der Waals surface area (Å²) in [5.74, 6) is -1.37. The van der Waals surface area contributed by atoms with Gasteiger partial charge in [-0.15, -0.1) is 6.58 Å². The zero-order valence-corrected chi connectivity index (χ0v) is 13.6. The molecule has 3 rings (SSSR count). The molecule has 0 spiro atoms. The van der Waals surface area contributed by atoms with Gasteiger partial charge in [-0.3, -0.25) is 14.6 Å². The molecule has 0 bridgehead atoms. The average Bonchev–Trinajstić information content (AvgIpc) is 2.60. The Hall–Kier alpha value is -2.72. The second-order valence-electron chi connectivity index (χ2n) is 5.30. The molecular weight excluding hydrogens is 324 g/mol. The summed E-state index contributed by atoms with van der Waals surface area (Å²) < 4.78 is 0. The zero-order chi connectivity index (χ0) is 17.1. The number of imide groups is 1. The number of nitrogens with zero attached hydrogens (tertiary/aromatic N) is 2. The highest BCUT2D eigenvalue weighted by molar-refractivity contribution is 6.37. The first kappa shape index (κ1) is 16.1. The van der Waals surface area contributed by atoms with Gasteiger partial charge >= 0.3 is 0 Å². The van der Waals surface area contributed by atoms with Gasteiger partial charge in [-0.25, -0.2) is 4.90 Å². The van der Waals surface area contributed by atoms with Crippen molar-refractivity contribution in [3.05, 3.63) is 77.3 Å². The number of para-hydroxylation sites is 1. The fourth-order valence-corrected chi connectivity index (χ4v) is 2.92. The number of halogens is 1. The average molecular weight is 339 g/mol. The van der Waals surface area contributed by atoms with Gasteiger partial charge in [-0.2, -0.15) is 0 Å². The first-order valence-electron chi connectivity index (χ1n) is 7.47. The van der Waals surface area contributed by atoms with Crippen LogP contribution >= 0.6 is 11.6 Å². The lowest BCUT2D eigenvalue weighted by atomic mass is 9.89. The third-order valence-corrected chi connectivity index (χ3v) is 4.12. The van der Waals surface area contributed by atoms with E-state index < -0.39 is 5.92 Å². The predicted molar refractivity (Wildman–Crippen MR) is 96.0 cm³/mol. The Morgan fingerprint density at radius 2 is 1.83 bits per heavy atom. The fourth-order valence-electron chi connectivity index (χ4n) is 2.70. The summed E-state index contributed by atoms with van der Waals surface area (Å²) in [6, 6.07) is 13.9. The Labute approximate surface area is 145 Å². The van der Waals surface area contributed by atoms with E-state index in [1.807, 2.05) is 0 Å². The number of anilines is 1. The molecule has 2 amide bonds. The lowest BCUT2D eigenvalue weighted by Crippen LogP contribution is -2.45. The Morgan fingerprint density at radius 3 is 2.58 bits per heavy atom. The van der Waals surface area contributed by atoms with Gasteiger partial charge in [0, 0.05) is 11.8 Å². The monoisotopic (exact) mass is 338 g/mol. The van der Waals surface area contributed by atoms with Crippen molar-refractivity contribution in [3.8, 4) is 0 Å². The fraction of sp³-hybridized carbons (Fsp3) is 0.105. The molecule has 4 nitrogen and oxygen atoms in total. The van der Waals surface area contributed by atoms with E-state index in [1.54, 1.807) is 60.8 Å². The number of benzene rings is 2. The Balaban J connectivity index is 2.13. The molecule has 0 aliphatic carbocycles. The Kier molecular flexibility index (Phi) is 4.58. The van der Waals surface area contributed by atoms with Crippen LogP contribution in [-0.4, -0.2) is 24.6 Å². The minimum Gasteiger partial charge on any atom is -0.292 e. The van der Waals surface area contributed by atoms with E-state index in [-0.39, 0.29) is 11.8 Å². The quantitative estimate of drug-likeness (QED) is 0.483. The number of amides is 2. The van der Waals surface area contributed by atoms with E-state index in [9.17, 15) is 9.59 Å². The van der Waals surface area contributed by atoms with Crippen molar-refractivity contribution >= 4 is 35.3 Å². The summed E-state index contributed by atoms with van der Waals surface area (Å²) in [4.78, 5) is 31.2. The van der Waals surface area contributed by atoms with Crippen LogP contribution in [0, 0.1) is 0 Å². The molecule has 1 aliphatic heterocycles. The predicted octanol–water partition coefficient (Wildman–Crippen LogP) is 3.87. The SMILES string of the molecule is C=CCN=CC1C(=O)N(c2ccccc2Cl)C(=O)c2ccccc21. The summed E-state index contributed by atoms with van der Waals surface area (Å²) in [6.07, 6.45) is 3.21. The van der Waals surface area contributed by atoms with E-state index in [0.29, 0.717) is 28.4 Å². The van der Waals surface area contributed by atoms with Crippen molar-refractivity contribution in [3.63, 3.8) is 0 Å². The lowest BCUT2D eigenvalue weighted by molar-refractivity contribution is -0.118. The third-order valence-electron chi connectivity index (χ3n) is 3.80. The first-order valence-corrected chi connectivity index (χ1v) is 7.85. The van der Waals surface area contributed by atoms with Crippen LogP contribution < -0.4 is 4.90 Å². The number of rotatable bonds is 4. The molecule has 0 aromatic heterocycles. The molecule has 1 atom stereocenters. The molecular formula is C19H15ClN2O2. The summed E-state index contributed by atoms with van der Waals surface area (Å²) in [6.45, 7) is 4.02. The topological polar surface area (TPSA) is 49.7 Å². The molecule has 5 heteroatoms. The Morgan fingerprint density at radius 1 is 1.12 bits per heavy atom. The number of aliphatic imine (C=N–C) groups is 1. The summed E-state index contributed by atoms with van der Waals surface area (Å²) in [7, 11) is 0. The highest BCUT2D eigenvalue weighted by Gasteiger charge is 2.39. The van der Waals surface area contributed by atoms with Gasteiger partial charge < -0.3 is 0 Å². The maximum atomic E-state index is 13.0. The van der Waals surface area contributed by atoms with E-state index >= 15 is 0 Å². The minimum absolute atomic E-state index is 0.348. The molecule has 2 aromatic rings. The largest absolute Gasteiger partial charge is 0.292 e.